The lowest BCUT2D eigenvalue weighted by molar-refractivity contribution is 0.402. The molecule has 1 aliphatic carbocycles. The van der Waals surface area contributed by atoms with Crippen LogP contribution in [0.15, 0.2) is 0 Å². The zero-order valence-corrected chi connectivity index (χ0v) is 10.7. The first-order valence-electron chi connectivity index (χ1n) is 5.10. The Morgan fingerprint density at radius 1 is 1.47 bits per heavy atom. The summed E-state index contributed by atoms with van der Waals surface area (Å²) in [5, 5.41) is 0. The normalized spacial score (nSPS) is 31.7. The molecule has 0 aromatic carbocycles. The second-order valence-corrected chi connectivity index (χ2v) is 6.64. The molecule has 3 atom stereocenters. The number of thiocarbonyl (C=S) groups is 1. The van der Waals surface area contributed by atoms with E-state index in [0.29, 0.717) is 11.8 Å². The van der Waals surface area contributed by atoms with Gasteiger partial charge in [0.1, 0.15) is 5.75 Å². The Hall–Kier alpha value is -0.200. The molecule has 6 heteroatoms. The lowest BCUT2D eigenvalue weighted by Crippen LogP contribution is -2.41. The number of nitrogens with one attached hydrogen (secondary N) is 1. The lowest BCUT2D eigenvalue weighted by atomic mass is 9.98. The van der Waals surface area contributed by atoms with Crippen molar-refractivity contribution in [2.75, 3.05) is 5.75 Å². The first-order valence-corrected chi connectivity index (χ1v) is 7.16. The third-order valence-corrected chi connectivity index (χ3v) is 4.81. The van der Waals surface area contributed by atoms with Gasteiger partial charge in [-0.25, -0.2) is 13.1 Å². The van der Waals surface area contributed by atoms with E-state index in [-0.39, 0.29) is 16.8 Å². The summed E-state index contributed by atoms with van der Waals surface area (Å²) in [7, 11) is -3.34. The molecule has 0 saturated heterocycles. The summed E-state index contributed by atoms with van der Waals surface area (Å²) in [5.41, 5.74) is 5.23. The molecule has 1 saturated carbocycles. The fourth-order valence-electron chi connectivity index (χ4n) is 1.99. The number of nitrogens with two attached hydrogens (primary N) is 1. The zero-order valence-electron chi connectivity index (χ0n) is 9.06. The van der Waals surface area contributed by atoms with E-state index in [2.05, 4.69) is 30.8 Å². The standard InChI is InChI=1S/C9H18N2O2S2/c1-6-3-4-8(7(6)2)11-15(12,13)5-9(10)14/h6-8,11H,3-5H2,1-2H3,(H2,10,14). The summed E-state index contributed by atoms with van der Waals surface area (Å²) in [4.78, 5) is 0.0150. The van der Waals surface area contributed by atoms with Gasteiger partial charge in [-0.2, -0.15) is 0 Å². The predicted octanol–water partition coefficient (Wildman–Crippen LogP) is 0.626. The summed E-state index contributed by atoms with van der Waals surface area (Å²) in [6.07, 6.45) is 1.97. The van der Waals surface area contributed by atoms with Gasteiger partial charge in [0, 0.05) is 6.04 Å². The van der Waals surface area contributed by atoms with Gasteiger partial charge in [0.25, 0.3) is 0 Å². The molecule has 1 aliphatic rings. The Morgan fingerprint density at radius 3 is 2.47 bits per heavy atom. The van der Waals surface area contributed by atoms with Gasteiger partial charge in [-0.1, -0.05) is 26.1 Å². The molecule has 0 spiro atoms. The van der Waals surface area contributed by atoms with Crippen molar-refractivity contribution >= 4 is 27.2 Å². The second kappa shape index (κ2) is 4.76. The van der Waals surface area contributed by atoms with Gasteiger partial charge < -0.3 is 5.73 Å². The van der Waals surface area contributed by atoms with E-state index in [0.717, 1.165) is 12.8 Å². The molecule has 0 aromatic rings. The monoisotopic (exact) mass is 250 g/mol. The van der Waals surface area contributed by atoms with E-state index >= 15 is 0 Å². The minimum Gasteiger partial charge on any atom is -0.392 e. The Morgan fingerprint density at radius 2 is 2.07 bits per heavy atom. The van der Waals surface area contributed by atoms with E-state index < -0.39 is 10.0 Å². The molecular formula is C9H18N2O2S2. The molecule has 0 amide bonds. The summed E-state index contributed by atoms with van der Waals surface area (Å²) >= 11 is 4.60. The van der Waals surface area contributed by atoms with E-state index in [1.54, 1.807) is 0 Å². The fourth-order valence-corrected chi connectivity index (χ4v) is 3.71. The van der Waals surface area contributed by atoms with Crippen LogP contribution < -0.4 is 10.5 Å². The van der Waals surface area contributed by atoms with E-state index in [4.69, 9.17) is 5.73 Å². The summed E-state index contributed by atoms with van der Waals surface area (Å²) in [5.74, 6) is 0.702. The molecule has 1 fully saturated rings. The van der Waals surface area contributed by atoms with Crippen molar-refractivity contribution < 1.29 is 8.42 Å². The van der Waals surface area contributed by atoms with Gasteiger partial charge >= 0.3 is 0 Å². The summed E-state index contributed by atoms with van der Waals surface area (Å²) < 4.78 is 25.8. The molecule has 3 N–H and O–H groups in total. The topological polar surface area (TPSA) is 72.2 Å². The number of hydrogen-bond donors (Lipinski definition) is 2. The van der Waals surface area contributed by atoms with Gasteiger partial charge in [-0.3, -0.25) is 0 Å². The highest BCUT2D eigenvalue weighted by molar-refractivity contribution is 7.92. The van der Waals surface area contributed by atoms with Crippen LogP contribution in [0, 0.1) is 11.8 Å². The van der Waals surface area contributed by atoms with E-state index in [9.17, 15) is 8.42 Å². The molecule has 0 aliphatic heterocycles. The Balaban J connectivity index is 2.59. The number of hydrogen-bond acceptors (Lipinski definition) is 3. The zero-order chi connectivity index (χ0) is 11.6. The van der Waals surface area contributed by atoms with Crippen LogP contribution in [0.3, 0.4) is 0 Å². The third kappa shape index (κ3) is 3.70. The average Bonchev–Trinajstić information content (AvgIpc) is 2.33. The molecule has 4 nitrogen and oxygen atoms in total. The van der Waals surface area contributed by atoms with Gasteiger partial charge in [0.2, 0.25) is 10.0 Å². The summed E-state index contributed by atoms with van der Waals surface area (Å²) in [6, 6.07) is 0.0411. The largest absolute Gasteiger partial charge is 0.392 e. The molecule has 0 bridgehead atoms. The smallest absolute Gasteiger partial charge is 0.218 e. The number of sulfonamides is 1. The second-order valence-electron chi connectivity index (χ2n) is 4.36. The molecule has 15 heavy (non-hydrogen) atoms. The molecule has 0 radical (unpaired) electrons. The van der Waals surface area contributed by atoms with Crippen LogP contribution in [0.2, 0.25) is 0 Å². The number of rotatable bonds is 4. The van der Waals surface area contributed by atoms with Crippen LogP contribution in [0.25, 0.3) is 0 Å². The van der Waals surface area contributed by atoms with E-state index in [1.165, 1.54) is 0 Å². The highest BCUT2D eigenvalue weighted by Gasteiger charge is 2.32. The van der Waals surface area contributed by atoms with Crippen molar-refractivity contribution in [3.8, 4) is 0 Å². The Labute approximate surface area is 96.7 Å². The molecule has 88 valence electrons. The first-order chi connectivity index (χ1) is 6.82. The molecular weight excluding hydrogens is 232 g/mol. The highest BCUT2D eigenvalue weighted by atomic mass is 32.2. The minimum absolute atomic E-state index is 0.0150. The van der Waals surface area contributed by atoms with Crippen LogP contribution in [-0.2, 0) is 10.0 Å². The van der Waals surface area contributed by atoms with Gasteiger partial charge in [-0.15, -0.1) is 0 Å². The van der Waals surface area contributed by atoms with Crippen molar-refractivity contribution in [2.45, 2.75) is 32.7 Å². The third-order valence-electron chi connectivity index (χ3n) is 3.13. The van der Waals surface area contributed by atoms with Crippen LogP contribution in [0.5, 0.6) is 0 Å². The summed E-state index contributed by atoms with van der Waals surface area (Å²) in [6.45, 7) is 4.22. The van der Waals surface area contributed by atoms with Gasteiger partial charge in [-0.05, 0) is 24.7 Å². The van der Waals surface area contributed by atoms with Crippen LogP contribution >= 0.6 is 12.2 Å². The predicted molar refractivity (Wildman–Crippen MR) is 65.1 cm³/mol. The average molecular weight is 250 g/mol. The SMILES string of the molecule is CC1CCC(NS(=O)(=O)CC(N)=S)C1C. The van der Waals surface area contributed by atoms with Gasteiger partial charge in [0.05, 0.1) is 4.99 Å². The molecule has 0 heterocycles. The maximum Gasteiger partial charge on any atom is 0.218 e. The maximum absolute atomic E-state index is 11.6. The minimum atomic E-state index is -3.34. The molecule has 1 rings (SSSR count). The van der Waals surface area contributed by atoms with Gasteiger partial charge in [0.15, 0.2) is 0 Å². The van der Waals surface area contributed by atoms with Crippen molar-refractivity contribution in [3.05, 3.63) is 0 Å². The highest BCUT2D eigenvalue weighted by Crippen LogP contribution is 2.31. The quantitative estimate of drug-likeness (QED) is 0.718. The molecule has 0 aromatic heterocycles. The lowest BCUT2D eigenvalue weighted by Gasteiger charge is -2.19. The Kier molecular flexibility index (Phi) is 4.08. The Bertz CT molecular complexity index is 340. The van der Waals surface area contributed by atoms with Crippen LogP contribution in [0.1, 0.15) is 26.7 Å². The maximum atomic E-state index is 11.6. The van der Waals surface area contributed by atoms with Crippen molar-refractivity contribution in [2.24, 2.45) is 17.6 Å². The van der Waals surface area contributed by atoms with Crippen LogP contribution in [-0.4, -0.2) is 25.2 Å². The van der Waals surface area contributed by atoms with Crippen molar-refractivity contribution in [3.63, 3.8) is 0 Å². The van der Waals surface area contributed by atoms with Crippen LogP contribution in [0.4, 0.5) is 0 Å². The van der Waals surface area contributed by atoms with Crippen molar-refractivity contribution in [1.82, 2.24) is 4.72 Å². The fraction of sp³-hybridized carbons (Fsp3) is 0.889. The van der Waals surface area contributed by atoms with E-state index in [1.807, 2.05) is 0 Å². The first kappa shape index (κ1) is 12.9. The van der Waals surface area contributed by atoms with Crippen molar-refractivity contribution in [1.29, 1.82) is 0 Å². The molecule has 3 unspecified atom stereocenters.